The van der Waals surface area contributed by atoms with Gasteiger partial charge in [0.25, 0.3) is 0 Å². The fourth-order valence-electron chi connectivity index (χ4n) is 2.31. The van der Waals surface area contributed by atoms with Gasteiger partial charge in [-0.3, -0.25) is 4.79 Å². The minimum Gasteiger partial charge on any atom is -0.366 e. The molecule has 1 aliphatic heterocycles. The molecule has 2 aliphatic rings. The molecule has 4 heteroatoms. The molecule has 1 heterocycles. The first-order valence-electron chi connectivity index (χ1n) is 5.89. The van der Waals surface area contributed by atoms with Crippen LogP contribution in [0.2, 0.25) is 0 Å². The lowest BCUT2D eigenvalue weighted by Gasteiger charge is -2.24. The summed E-state index contributed by atoms with van der Waals surface area (Å²) in [6.07, 6.45) is 2.87. The Kier molecular flexibility index (Phi) is 2.25. The molecule has 86 valence electrons. The number of para-hydroxylation sites is 1. The van der Waals surface area contributed by atoms with Crippen LogP contribution in [0.3, 0.4) is 0 Å². The van der Waals surface area contributed by atoms with Gasteiger partial charge in [-0.05, 0) is 25.0 Å². The zero-order chi connectivity index (χ0) is 11.8. The highest BCUT2D eigenvalue weighted by Crippen LogP contribution is 2.38. The maximum Gasteiger partial charge on any atom is 0.226 e. The highest BCUT2D eigenvalue weighted by Gasteiger charge is 2.33. The lowest BCUT2D eigenvalue weighted by molar-refractivity contribution is -0.115. The van der Waals surface area contributed by atoms with E-state index in [0.717, 1.165) is 12.2 Å². The number of anilines is 2. The largest absolute Gasteiger partial charge is 0.366 e. The van der Waals surface area contributed by atoms with Crippen molar-refractivity contribution >= 4 is 17.3 Å². The molecule has 1 amide bonds. The molecule has 0 aromatic heterocycles. The number of fused-ring (bicyclic) bond motifs is 1. The molecule has 0 saturated heterocycles. The summed E-state index contributed by atoms with van der Waals surface area (Å²) in [7, 11) is 0. The molecule has 1 saturated carbocycles. The smallest absolute Gasteiger partial charge is 0.226 e. The van der Waals surface area contributed by atoms with Crippen molar-refractivity contribution in [2.75, 3.05) is 16.8 Å². The van der Waals surface area contributed by atoms with Crippen molar-refractivity contribution in [2.45, 2.75) is 25.3 Å². The first-order valence-corrected chi connectivity index (χ1v) is 5.89. The molecular weight excluding hydrogens is 214 g/mol. The van der Waals surface area contributed by atoms with Crippen LogP contribution >= 0.6 is 0 Å². The number of nitrogens with zero attached hydrogens (tertiary/aromatic N) is 2. The van der Waals surface area contributed by atoms with Gasteiger partial charge in [-0.25, -0.2) is 0 Å². The lowest BCUT2D eigenvalue weighted by atomic mass is 10.1. The molecule has 0 unspecified atom stereocenters. The molecule has 0 atom stereocenters. The predicted octanol–water partition coefficient (Wildman–Crippen LogP) is 1.87. The van der Waals surface area contributed by atoms with Crippen molar-refractivity contribution in [3.63, 3.8) is 0 Å². The number of rotatable bonds is 1. The van der Waals surface area contributed by atoms with Gasteiger partial charge in [-0.2, -0.15) is 5.26 Å². The van der Waals surface area contributed by atoms with E-state index in [1.165, 1.54) is 12.8 Å². The van der Waals surface area contributed by atoms with Crippen LogP contribution in [0.4, 0.5) is 11.4 Å². The van der Waals surface area contributed by atoms with E-state index < -0.39 is 0 Å². The molecule has 4 nitrogen and oxygen atoms in total. The SMILES string of the molecule is N#Cc1cccc2c1NC(=O)CCN2C1CC1. The molecule has 1 N–H and O–H groups in total. The third-order valence-corrected chi connectivity index (χ3v) is 3.30. The van der Waals surface area contributed by atoms with Gasteiger partial charge < -0.3 is 10.2 Å². The maximum absolute atomic E-state index is 11.7. The fourth-order valence-corrected chi connectivity index (χ4v) is 2.31. The highest BCUT2D eigenvalue weighted by atomic mass is 16.1. The zero-order valence-electron chi connectivity index (χ0n) is 9.44. The molecule has 0 radical (unpaired) electrons. The number of carbonyl (C=O) groups excluding carboxylic acids is 1. The monoisotopic (exact) mass is 227 g/mol. The third-order valence-electron chi connectivity index (χ3n) is 3.30. The Morgan fingerprint density at radius 3 is 2.94 bits per heavy atom. The van der Waals surface area contributed by atoms with E-state index in [9.17, 15) is 4.79 Å². The Morgan fingerprint density at radius 2 is 2.24 bits per heavy atom. The molecule has 17 heavy (non-hydrogen) atoms. The molecule has 3 rings (SSSR count). The normalized spacial score (nSPS) is 19.0. The average Bonchev–Trinajstić information content (AvgIpc) is 3.14. The van der Waals surface area contributed by atoms with E-state index in [1.807, 2.05) is 12.1 Å². The van der Waals surface area contributed by atoms with Crippen LogP contribution in [0, 0.1) is 11.3 Å². The van der Waals surface area contributed by atoms with E-state index >= 15 is 0 Å². The number of amides is 1. The van der Waals surface area contributed by atoms with Gasteiger partial charge in [0.1, 0.15) is 6.07 Å². The quantitative estimate of drug-likeness (QED) is 0.796. The van der Waals surface area contributed by atoms with Crippen LogP contribution < -0.4 is 10.2 Å². The van der Waals surface area contributed by atoms with Gasteiger partial charge in [0, 0.05) is 19.0 Å². The molecule has 1 aromatic carbocycles. The van der Waals surface area contributed by atoms with Crippen LogP contribution in [-0.4, -0.2) is 18.5 Å². The number of hydrogen-bond donors (Lipinski definition) is 1. The summed E-state index contributed by atoms with van der Waals surface area (Å²) in [5.74, 6) is -0.00269. The van der Waals surface area contributed by atoms with E-state index in [2.05, 4.69) is 16.3 Å². The second-order valence-electron chi connectivity index (χ2n) is 4.53. The van der Waals surface area contributed by atoms with Gasteiger partial charge in [-0.15, -0.1) is 0 Å². The van der Waals surface area contributed by atoms with Gasteiger partial charge >= 0.3 is 0 Å². The zero-order valence-corrected chi connectivity index (χ0v) is 9.44. The van der Waals surface area contributed by atoms with Crippen molar-refractivity contribution in [1.82, 2.24) is 0 Å². The molecule has 0 bridgehead atoms. The fraction of sp³-hybridized carbons (Fsp3) is 0.385. The summed E-state index contributed by atoms with van der Waals surface area (Å²) in [4.78, 5) is 13.9. The van der Waals surface area contributed by atoms with E-state index in [-0.39, 0.29) is 5.91 Å². The van der Waals surface area contributed by atoms with Gasteiger partial charge in [0.05, 0.1) is 16.9 Å². The summed E-state index contributed by atoms with van der Waals surface area (Å²) in [5.41, 5.74) is 2.23. The minimum absolute atomic E-state index is 0.00269. The molecule has 0 spiro atoms. The van der Waals surface area contributed by atoms with Crippen molar-refractivity contribution in [3.8, 4) is 6.07 Å². The van der Waals surface area contributed by atoms with E-state index in [1.54, 1.807) is 6.07 Å². The Labute approximate surface area is 99.8 Å². The van der Waals surface area contributed by atoms with Crippen molar-refractivity contribution in [1.29, 1.82) is 5.26 Å². The first-order chi connectivity index (χ1) is 8.29. The van der Waals surface area contributed by atoms with E-state index in [4.69, 9.17) is 5.26 Å². The number of carbonyl (C=O) groups is 1. The average molecular weight is 227 g/mol. The molecule has 1 fully saturated rings. The summed E-state index contributed by atoms with van der Waals surface area (Å²) >= 11 is 0. The van der Waals surface area contributed by atoms with Gasteiger partial charge in [0.15, 0.2) is 0 Å². The van der Waals surface area contributed by atoms with Gasteiger partial charge in [-0.1, -0.05) is 6.07 Å². The van der Waals surface area contributed by atoms with E-state index in [0.29, 0.717) is 23.7 Å². The standard InChI is InChI=1S/C13H13N3O/c14-8-9-2-1-3-11-13(9)15-12(17)6-7-16(11)10-4-5-10/h1-3,10H,4-7H2,(H,15,17). The van der Waals surface area contributed by atoms with Crippen LogP contribution in [0.5, 0.6) is 0 Å². The Bertz CT molecular complexity index is 514. The summed E-state index contributed by atoms with van der Waals surface area (Å²) in [6, 6.07) is 8.30. The van der Waals surface area contributed by atoms with Crippen LogP contribution in [0.15, 0.2) is 18.2 Å². The lowest BCUT2D eigenvalue weighted by Crippen LogP contribution is -2.26. The summed E-state index contributed by atoms with van der Waals surface area (Å²) in [6.45, 7) is 0.748. The Morgan fingerprint density at radius 1 is 1.41 bits per heavy atom. The number of benzene rings is 1. The van der Waals surface area contributed by atoms with Crippen LogP contribution in [0.1, 0.15) is 24.8 Å². The second-order valence-corrected chi connectivity index (χ2v) is 4.53. The third kappa shape index (κ3) is 1.74. The molecule has 1 aromatic rings. The minimum atomic E-state index is -0.00269. The highest BCUT2D eigenvalue weighted by molar-refractivity contribution is 5.98. The first kappa shape index (κ1) is 10.2. The number of nitrogens with one attached hydrogen (secondary N) is 1. The summed E-state index contributed by atoms with van der Waals surface area (Å²) < 4.78 is 0. The van der Waals surface area contributed by atoms with Crippen molar-refractivity contribution < 1.29 is 4.79 Å². The predicted molar refractivity (Wildman–Crippen MR) is 64.8 cm³/mol. The van der Waals surface area contributed by atoms with Crippen LogP contribution in [0.25, 0.3) is 0 Å². The molecular formula is C13H13N3O. The number of nitriles is 1. The second kappa shape index (κ2) is 3.77. The maximum atomic E-state index is 11.7. The van der Waals surface area contributed by atoms with Crippen LogP contribution in [-0.2, 0) is 4.79 Å². The number of hydrogen-bond acceptors (Lipinski definition) is 3. The topological polar surface area (TPSA) is 56.1 Å². The molecule has 1 aliphatic carbocycles. The van der Waals surface area contributed by atoms with Gasteiger partial charge in [0.2, 0.25) is 5.91 Å². The van der Waals surface area contributed by atoms with Crippen molar-refractivity contribution in [2.24, 2.45) is 0 Å². The Balaban J connectivity index is 2.11. The van der Waals surface area contributed by atoms with Crippen molar-refractivity contribution in [3.05, 3.63) is 23.8 Å². The Hall–Kier alpha value is -2.02. The summed E-state index contributed by atoms with van der Waals surface area (Å²) in [5, 5.41) is 11.9.